The summed E-state index contributed by atoms with van der Waals surface area (Å²) in [6.07, 6.45) is 5.14. The van der Waals surface area contributed by atoms with E-state index in [9.17, 15) is 0 Å². The number of hydrogen-bond acceptors (Lipinski definition) is 4. The van der Waals surface area contributed by atoms with Gasteiger partial charge in [0.25, 0.3) is 0 Å². The zero-order valence-corrected chi connectivity index (χ0v) is 12.7. The average molecular weight is 302 g/mol. The predicted octanol–water partition coefficient (Wildman–Crippen LogP) is 2.52. The van der Waals surface area contributed by atoms with Crippen LogP contribution < -0.4 is 14.8 Å². The molecular formula is C15H24ClNO3. The first-order valence-electron chi connectivity index (χ1n) is 6.98. The maximum Gasteiger partial charge on any atom is 0.161 e. The summed E-state index contributed by atoms with van der Waals surface area (Å²) in [4.78, 5) is 0. The third-order valence-electron chi connectivity index (χ3n) is 3.44. The van der Waals surface area contributed by atoms with Gasteiger partial charge in [0.15, 0.2) is 11.5 Å². The molecular weight excluding hydrogens is 278 g/mol. The molecule has 0 amide bonds. The lowest BCUT2D eigenvalue weighted by molar-refractivity contribution is 0.200. The van der Waals surface area contributed by atoms with E-state index in [4.69, 9.17) is 14.6 Å². The Labute approximate surface area is 126 Å². The molecule has 1 saturated carbocycles. The first-order chi connectivity index (χ1) is 9.33. The summed E-state index contributed by atoms with van der Waals surface area (Å²) < 4.78 is 11.4. The molecule has 1 aliphatic rings. The van der Waals surface area contributed by atoms with Crippen LogP contribution in [-0.4, -0.2) is 31.5 Å². The lowest BCUT2D eigenvalue weighted by atomic mass is 10.2. The second kappa shape index (κ2) is 9.06. The number of benzene rings is 1. The number of hydrogen-bond donors (Lipinski definition) is 2. The van der Waals surface area contributed by atoms with E-state index in [0.717, 1.165) is 36.4 Å². The lowest BCUT2D eigenvalue weighted by Gasteiger charge is -2.16. The second-order valence-electron chi connectivity index (χ2n) is 4.91. The molecule has 0 unspecified atom stereocenters. The van der Waals surface area contributed by atoms with E-state index in [2.05, 4.69) is 5.32 Å². The Bertz CT molecular complexity index is 395. The van der Waals surface area contributed by atoms with Crippen LogP contribution in [0.1, 0.15) is 31.2 Å². The van der Waals surface area contributed by atoms with Crippen LogP contribution in [0.15, 0.2) is 18.2 Å². The fraction of sp³-hybridized carbons (Fsp3) is 0.600. The van der Waals surface area contributed by atoms with Gasteiger partial charge in [0.1, 0.15) is 0 Å². The third kappa shape index (κ3) is 4.85. The van der Waals surface area contributed by atoms with Gasteiger partial charge in [-0.15, -0.1) is 12.4 Å². The topological polar surface area (TPSA) is 50.7 Å². The second-order valence-corrected chi connectivity index (χ2v) is 4.91. The molecule has 1 aromatic carbocycles. The van der Waals surface area contributed by atoms with E-state index in [0.29, 0.717) is 12.6 Å². The Morgan fingerprint density at radius 3 is 2.65 bits per heavy atom. The quantitative estimate of drug-likeness (QED) is 0.760. The number of rotatable bonds is 7. The number of halogens is 1. The highest BCUT2D eigenvalue weighted by Crippen LogP contribution is 2.32. The minimum atomic E-state index is 0. The highest BCUT2D eigenvalue weighted by Gasteiger charge is 2.18. The molecule has 0 atom stereocenters. The summed E-state index contributed by atoms with van der Waals surface area (Å²) in [5.41, 5.74) is 1.13. The van der Waals surface area contributed by atoms with Crippen LogP contribution in [0, 0.1) is 0 Å². The van der Waals surface area contributed by atoms with Crippen molar-refractivity contribution in [2.24, 2.45) is 0 Å². The van der Waals surface area contributed by atoms with E-state index >= 15 is 0 Å². The van der Waals surface area contributed by atoms with Crippen LogP contribution in [0.25, 0.3) is 0 Å². The average Bonchev–Trinajstić information content (AvgIpc) is 2.93. The van der Waals surface area contributed by atoms with Gasteiger partial charge in [0, 0.05) is 13.1 Å². The number of methoxy groups -OCH3 is 1. The molecule has 4 nitrogen and oxygen atoms in total. The van der Waals surface area contributed by atoms with Crippen molar-refractivity contribution < 1.29 is 14.6 Å². The molecule has 0 radical (unpaired) electrons. The number of aliphatic hydroxyl groups excluding tert-OH is 1. The molecule has 114 valence electrons. The highest BCUT2D eigenvalue weighted by atomic mass is 35.5. The molecule has 20 heavy (non-hydrogen) atoms. The molecule has 1 aliphatic carbocycles. The first-order valence-corrected chi connectivity index (χ1v) is 6.98. The van der Waals surface area contributed by atoms with Crippen LogP contribution in [0.5, 0.6) is 11.5 Å². The van der Waals surface area contributed by atoms with Crippen molar-refractivity contribution in [3.8, 4) is 11.5 Å². The molecule has 1 aromatic rings. The Morgan fingerprint density at radius 2 is 2.00 bits per heavy atom. The van der Waals surface area contributed by atoms with Crippen LogP contribution in [-0.2, 0) is 6.54 Å². The van der Waals surface area contributed by atoms with Crippen molar-refractivity contribution in [1.29, 1.82) is 0 Å². The van der Waals surface area contributed by atoms with Gasteiger partial charge in [-0.25, -0.2) is 0 Å². The molecule has 5 heteroatoms. The standard InChI is InChI=1S/C15H23NO3.ClH/c1-18-15-10-12(11-16-8-9-17)6-7-14(15)19-13-4-2-3-5-13;/h6-7,10,13,16-17H,2-5,8-9,11H2,1H3;1H. The normalized spacial score (nSPS) is 14.9. The van der Waals surface area contributed by atoms with Crippen LogP contribution >= 0.6 is 12.4 Å². The van der Waals surface area contributed by atoms with Gasteiger partial charge in [0.2, 0.25) is 0 Å². The van der Waals surface area contributed by atoms with E-state index in [-0.39, 0.29) is 19.0 Å². The molecule has 0 aliphatic heterocycles. The number of ether oxygens (including phenoxy) is 2. The summed E-state index contributed by atoms with van der Waals surface area (Å²) in [5.74, 6) is 1.62. The van der Waals surface area contributed by atoms with Gasteiger partial charge in [-0.3, -0.25) is 0 Å². The molecule has 0 aromatic heterocycles. The van der Waals surface area contributed by atoms with Crippen LogP contribution in [0.3, 0.4) is 0 Å². The van der Waals surface area contributed by atoms with Gasteiger partial charge >= 0.3 is 0 Å². The fourth-order valence-corrected chi connectivity index (χ4v) is 2.42. The largest absolute Gasteiger partial charge is 0.493 e. The van der Waals surface area contributed by atoms with E-state index in [1.807, 2.05) is 18.2 Å². The summed E-state index contributed by atoms with van der Waals surface area (Å²) in [5, 5.41) is 11.9. The zero-order valence-electron chi connectivity index (χ0n) is 11.9. The maximum absolute atomic E-state index is 8.74. The van der Waals surface area contributed by atoms with Gasteiger partial charge in [-0.2, -0.15) is 0 Å². The van der Waals surface area contributed by atoms with Gasteiger partial charge in [-0.1, -0.05) is 6.07 Å². The highest BCUT2D eigenvalue weighted by molar-refractivity contribution is 5.85. The van der Waals surface area contributed by atoms with E-state index in [1.165, 1.54) is 12.8 Å². The van der Waals surface area contributed by atoms with Crippen molar-refractivity contribution in [3.05, 3.63) is 23.8 Å². The number of nitrogens with one attached hydrogen (secondary N) is 1. The maximum atomic E-state index is 8.74. The van der Waals surface area contributed by atoms with E-state index < -0.39 is 0 Å². The smallest absolute Gasteiger partial charge is 0.161 e. The summed E-state index contributed by atoms with van der Waals surface area (Å²) in [7, 11) is 1.67. The minimum absolute atomic E-state index is 0. The van der Waals surface area contributed by atoms with Crippen molar-refractivity contribution in [2.45, 2.75) is 38.3 Å². The SMILES string of the molecule is COc1cc(CNCCO)ccc1OC1CCCC1.Cl. The van der Waals surface area contributed by atoms with Crippen molar-refractivity contribution in [3.63, 3.8) is 0 Å². The molecule has 2 N–H and O–H groups in total. The van der Waals surface area contributed by atoms with Gasteiger partial charge < -0.3 is 19.9 Å². The van der Waals surface area contributed by atoms with Crippen molar-refractivity contribution >= 4 is 12.4 Å². The van der Waals surface area contributed by atoms with Crippen LogP contribution in [0.2, 0.25) is 0 Å². The minimum Gasteiger partial charge on any atom is -0.493 e. The predicted molar refractivity (Wildman–Crippen MR) is 81.9 cm³/mol. The molecule has 0 heterocycles. The Hall–Kier alpha value is -0.970. The first kappa shape index (κ1) is 17.1. The fourth-order valence-electron chi connectivity index (χ4n) is 2.42. The Morgan fingerprint density at radius 1 is 1.25 bits per heavy atom. The third-order valence-corrected chi connectivity index (χ3v) is 3.44. The molecule has 0 bridgehead atoms. The monoisotopic (exact) mass is 301 g/mol. The van der Waals surface area contributed by atoms with Gasteiger partial charge in [-0.05, 0) is 43.4 Å². The lowest BCUT2D eigenvalue weighted by Crippen LogP contribution is -2.17. The van der Waals surface area contributed by atoms with Crippen LogP contribution in [0.4, 0.5) is 0 Å². The zero-order chi connectivity index (χ0) is 13.5. The summed E-state index contributed by atoms with van der Waals surface area (Å²) in [6.45, 7) is 1.48. The summed E-state index contributed by atoms with van der Waals surface area (Å²) >= 11 is 0. The molecule has 2 rings (SSSR count). The Balaban J connectivity index is 0.00000200. The van der Waals surface area contributed by atoms with Crippen molar-refractivity contribution in [2.75, 3.05) is 20.3 Å². The Kier molecular flexibility index (Phi) is 7.73. The van der Waals surface area contributed by atoms with Gasteiger partial charge in [0.05, 0.1) is 19.8 Å². The molecule has 1 fully saturated rings. The van der Waals surface area contributed by atoms with E-state index in [1.54, 1.807) is 7.11 Å². The van der Waals surface area contributed by atoms with Crippen molar-refractivity contribution in [1.82, 2.24) is 5.32 Å². The number of aliphatic hydroxyl groups is 1. The summed E-state index contributed by atoms with van der Waals surface area (Å²) in [6, 6.07) is 6.01. The molecule has 0 spiro atoms. The molecule has 0 saturated heterocycles.